The minimum Gasteiger partial charge on any atom is -0.474 e. The molecule has 1 aromatic heterocycles. The SMILES string of the molecule is CC(Oc1ccc(Cl)cn1)[C@H]1CCN(Cc2ccccc2)C[C@@H]1c1ccc(Cl)cc1. The van der Waals surface area contributed by atoms with Crippen LogP contribution >= 0.6 is 23.2 Å². The van der Waals surface area contributed by atoms with Crippen LogP contribution in [0.15, 0.2) is 72.9 Å². The van der Waals surface area contributed by atoms with Crippen LogP contribution in [0.5, 0.6) is 5.88 Å². The van der Waals surface area contributed by atoms with Gasteiger partial charge in [-0.25, -0.2) is 4.98 Å². The Morgan fingerprint density at radius 1 is 1.00 bits per heavy atom. The van der Waals surface area contributed by atoms with Gasteiger partial charge in [-0.3, -0.25) is 4.90 Å². The molecule has 30 heavy (non-hydrogen) atoms. The minimum absolute atomic E-state index is 0.0400. The van der Waals surface area contributed by atoms with Gasteiger partial charge in [0, 0.05) is 42.2 Å². The first kappa shape index (κ1) is 21.2. The molecule has 5 heteroatoms. The zero-order valence-electron chi connectivity index (χ0n) is 17.0. The largest absolute Gasteiger partial charge is 0.474 e. The van der Waals surface area contributed by atoms with Crippen molar-refractivity contribution in [2.75, 3.05) is 13.1 Å². The smallest absolute Gasteiger partial charge is 0.213 e. The van der Waals surface area contributed by atoms with E-state index in [0.29, 0.717) is 22.7 Å². The zero-order valence-corrected chi connectivity index (χ0v) is 18.6. The van der Waals surface area contributed by atoms with Crippen LogP contribution in [0.3, 0.4) is 0 Å². The molecular weight excluding hydrogens is 415 g/mol. The summed E-state index contributed by atoms with van der Waals surface area (Å²) in [6, 6.07) is 22.6. The summed E-state index contributed by atoms with van der Waals surface area (Å²) < 4.78 is 6.22. The van der Waals surface area contributed by atoms with Crippen LogP contribution in [0.4, 0.5) is 0 Å². The topological polar surface area (TPSA) is 25.4 Å². The summed E-state index contributed by atoms with van der Waals surface area (Å²) in [5.41, 5.74) is 2.65. The Morgan fingerprint density at radius 3 is 2.43 bits per heavy atom. The second-order valence-corrected chi connectivity index (χ2v) is 8.84. The van der Waals surface area contributed by atoms with E-state index in [4.69, 9.17) is 27.9 Å². The zero-order chi connectivity index (χ0) is 20.9. The Bertz CT molecular complexity index is 932. The Kier molecular flexibility index (Phi) is 6.93. The van der Waals surface area contributed by atoms with Crippen LogP contribution in [0, 0.1) is 5.92 Å². The van der Waals surface area contributed by atoms with Crippen molar-refractivity contribution in [3.05, 3.63) is 94.1 Å². The Morgan fingerprint density at radius 2 is 1.73 bits per heavy atom. The molecule has 3 nitrogen and oxygen atoms in total. The van der Waals surface area contributed by atoms with E-state index >= 15 is 0 Å². The highest BCUT2D eigenvalue weighted by molar-refractivity contribution is 6.30. The molecule has 1 unspecified atom stereocenters. The molecule has 3 atom stereocenters. The van der Waals surface area contributed by atoms with E-state index in [1.165, 1.54) is 11.1 Å². The molecule has 156 valence electrons. The molecule has 0 N–H and O–H groups in total. The average Bonchev–Trinajstić information content (AvgIpc) is 2.76. The predicted octanol–water partition coefficient (Wildman–Crippen LogP) is 6.46. The van der Waals surface area contributed by atoms with Gasteiger partial charge in [0.15, 0.2) is 0 Å². The molecule has 0 saturated carbocycles. The molecule has 2 heterocycles. The van der Waals surface area contributed by atoms with Gasteiger partial charge in [-0.2, -0.15) is 0 Å². The van der Waals surface area contributed by atoms with E-state index in [1.807, 2.05) is 24.3 Å². The fraction of sp³-hybridized carbons (Fsp3) is 0.320. The maximum atomic E-state index is 6.22. The minimum atomic E-state index is 0.0400. The lowest BCUT2D eigenvalue weighted by molar-refractivity contribution is 0.0639. The molecule has 1 aliphatic heterocycles. The molecule has 1 saturated heterocycles. The fourth-order valence-electron chi connectivity index (χ4n) is 4.36. The molecule has 1 fully saturated rings. The summed E-state index contributed by atoms with van der Waals surface area (Å²) in [5.74, 6) is 1.37. The van der Waals surface area contributed by atoms with Gasteiger partial charge < -0.3 is 4.74 Å². The number of pyridine rings is 1. The maximum Gasteiger partial charge on any atom is 0.213 e. The van der Waals surface area contributed by atoms with Crippen LogP contribution in [0.2, 0.25) is 10.0 Å². The summed E-state index contributed by atoms with van der Waals surface area (Å²) in [7, 11) is 0. The van der Waals surface area contributed by atoms with Gasteiger partial charge in [0.2, 0.25) is 5.88 Å². The number of aromatic nitrogens is 1. The van der Waals surface area contributed by atoms with Crippen LogP contribution in [-0.4, -0.2) is 29.1 Å². The third kappa shape index (κ3) is 5.34. The number of halogens is 2. The quantitative estimate of drug-likeness (QED) is 0.439. The van der Waals surface area contributed by atoms with E-state index in [-0.39, 0.29) is 6.10 Å². The van der Waals surface area contributed by atoms with Crippen molar-refractivity contribution in [2.45, 2.75) is 31.9 Å². The van der Waals surface area contributed by atoms with Crippen molar-refractivity contribution >= 4 is 23.2 Å². The van der Waals surface area contributed by atoms with Crippen LogP contribution in [0.25, 0.3) is 0 Å². The van der Waals surface area contributed by atoms with Crippen molar-refractivity contribution in [2.24, 2.45) is 5.92 Å². The number of ether oxygens (including phenoxy) is 1. The van der Waals surface area contributed by atoms with E-state index in [2.05, 4.69) is 59.3 Å². The van der Waals surface area contributed by atoms with Gasteiger partial charge in [0.05, 0.1) is 5.02 Å². The molecule has 0 aliphatic carbocycles. The Hall–Kier alpha value is -2.07. The standard InChI is InChI=1S/C25H26Cl2N2O/c1-18(30-25-12-11-22(27)15-28-25)23-13-14-29(16-19-5-3-2-4-6-19)17-24(23)20-7-9-21(26)10-8-20/h2-12,15,18,23-24H,13-14,16-17H2,1H3/t18?,23-,24-/m1/s1. The summed E-state index contributed by atoms with van der Waals surface area (Å²) in [6.07, 6.45) is 2.73. The van der Waals surface area contributed by atoms with Crippen molar-refractivity contribution in [1.29, 1.82) is 0 Å². The number of likely N-dealkylation sites (tertiary alicyclic amines) is 1. The number of benzene rings is 2. The van der Waals surface area contributed by atoms with Gasteiger partial charge in [0.1, 0.15) is 6.10 Å². The molecule has 2 aromatic carbocycles. The van der Waals surface area contributed by atoms with E-state index in [9.17, 15) is 0 Å². The monoisotopic (exact) mass is 440 g/mol. The third-order valence-corrected chi connectivity index (χ3v) is 6.38. The molecule has 0 radical (unpaired) electrons. The maximum absolute atomic E-state index is 6.22. The highest BCUT2D eigenvalue weighted by atomic mass is 35.5. The highest BCUT2D eigenvalue weighted by Gasteiger charge is 2.35. The van der Waals surface area contributed by atoms with Gasteiger partial charge in [-0.15, -0.1) is 0 Å². The normalized spacial score (nSPS) is 20.6. The highest BCUT2D eigenvalue weighted by Crippen LogP contribution is 2.37. The van der Waals surface area contributed by atoms with Crippen LogP contribution < -0.4 is 4.74 Å². The van der Waals surface area contributed by atoms with Crippen LogP contribution in [0.1, 0.15) is 30.4 Å². The lowest BCUT2D eigenvalue weighted by Crippen LogP contribution is -2.43. The van der Waals surface area contributed by atoms with Gasteiger partial charge in [-0.1, -0.05) is 65.7 Å². The molecule has 3 aromatic rings. The summed E-state index contributed by atoms with van der Waals surface area (Å²) >= 11 is 12.1. The third-order valence-electron chi connectivity index (χ3n) is 5.91. The number of nitrogens with zero attached hydrogens (tertiary/aromatic N) is 2. The predicted molar refractivity (Wildman–Crippen MR) is 123 cm³/mol. The first-order valence-corrected chi connectivity index (χ1v) is 11.1. The van der Waals surface area contributed by atoms with E-state index in [1.54, 1.807) is 6.20 Å². The second-order valence-electron chi connectivity index (χ2n) is 7.97. The summed E-state index contributed by atoms with van der Waals surface area (Å²) in [4.78, 5) is 6.85. The molecule has 4 rings (SSSR count). The number of rotatable bonds is 6. The Labute approximate surface area is 188 Å². The summed E-state index contributed by atoms with van der Waals surface area (Å²) in [6.45, 7) is 5.15. The second kappa shape index (κ2) is 9.82. The van der Waals surface area contributed by atoms with E-state index < -0.39 is 0 Å². The van der Waals surface area contributed by atoms with Crippen molar-refractivity contribution in [1.82, 2.24) is 9.88 Å². The lowest BCUT2D eigenvalue weighted by Gasteiger charge is -2.41. The van der Waals surface area contributed by atoms with Gasteiger partial charge in [-0.05, 0) is 49.2 Å². The van der Waals surface area contributed by atoms with Crippen molar-refractivity contribution in [3.8, 4) is 5.88 Å². The van der Waals surface area contributed by atoms with Crippen molar-refractivity contribution < 1.29 is 4.74 Å². The first-order valence-electron chi connectivity index (χ1n) is 10.4. The van der Waals surface area contributed by atoms with Crippen molar-refractivity contribution in [3.63, 3.8) is 0 Å². The van der Waals surface area contributed by atoms with Crippen LogP contribution in [-0.2, 0) is 6.54 Å². The number of piperidine rings is 1. The molecular formula is C25H26Cl2N2O. The molecule has 0 bridgehead atoms. The Balaban J connectivity index is 1.52. The average molecular weight is 441 g/mol. The fourth-order valence-corrected chi connectivity index (χ4v) is 4.59. The molecule has 0 spiro atoms. The number of hydrogen-bond acceptors (Lipinski definition) is 3. The number of hydrogen-bond donors (Lipinski definition) is 0. The van der Waals surface area contributed by atoms with Gasteiger partial charge in [0.25, 0.3) is 0 Å². The molecule has 0 amide bonds. The molecule has 1 aliphatic rings. The summed E-state index contributed by atoms with van der Waals surface area (Å²) in [5, 5.41) is 1.38. The lowest BCUT2D eigenvalue weighted by atomic mass is 9.77. The first-order chi connectivity index (χ1) is 14.6. The van der Waals surface area contributed by atoms with E-state index in [0.717, 1.165) is 31.1 Å². The van der Waals surface area contributed by atoms with Gasteiger partial charge >= 0.3 is 0 Å².